The number of hydrogen-bond acceptors (Lipinski definition) is 4. The summed E-state index contributed by atoms with van der Waals surface area (Å²) < 4.78 is 28.6. The molecule has 162 valence electrons. The SMILES string of the molecule is CCCCc1ccc(NS(=O)(=O)c2cc(C(=O)NCc3ccccn3)ccc2C)cc1. The van der Waals surface area contributed by atoms with Gasteiger partial charge in [-0.3, -0.25) is 14.5 Å². The zero-order valence-electron chi connectivity index (χ0n) is 17.8. The predicted molar refractivity (Wildman–Crippen MR) is 122 cm³/mol. The Morgan fingerprint density at radius 3 is 2.48 bits per heavy atom. The van der Waals surface area contributed by atoms with Crippen molar-refractivity contribution in [1.82, 2.24) is 10.3 Å². The van der Waals surface area contributed by atoms with Crippen LogP contribution in [-0.2, 0) is 23.0 Å². The third-order valence-corrected chi connectivity index (χ3v) is 6.44. The molecule has 0 atom stereocenters. The van der Waals surface area contributed by atoms with Crippen molar-refractivity contribution in [2.45, 2.75) is 44.6 Å². The first kappa shape index (κ1) is 22.5. The van der Waals surface area contributed by atoms with Crippen LogP contribution in [0.1, 0.15) is 46.9 Å². The van der Waals surface area contributed by atoms with Crippen molar-refractivity contribution in [2.75, 3.05) is 4.72 Å². The van der Waals surface area contributed by atoms with Crippen LogP contribution in [-0.4, -0.2) is 19.3 Å². The average molecular weight is 438 g/mol. The van der Waals surface area contributed by atoms with Crippen LogP contribution >= 0.6 is 0 Å². The van der Waals surface area contributed by atoms with Gasteiger partial charge in [0.2, 0.25) is 0 Å². The molecule has 2 aromatic carbocycles. The minimum Gasteiger partial charge on any atom is -0.346 e. The Bertz CT molecular complexity index is 1130. The number of nitrogens with zero attached hydrogens (tertiary/aromatic N) is 1. The lowest BCUT2D eigenvalue weighted by atomic mass is 10.1. The van der Waals surface area contributed by atoms with E-state index in [-0.39, 0.29) is 22.9 Å². The molecule has 1 aromatic heterocycles. The van der Waals surface area contributed by atoms with Gasteiger partial charge in [0.15, 0.2) is 0 Å². The van der Waals surface area contributed by atoms with E-state index in [9.17, 15) is 13.2 Å². The van der Waals surface area contributed by atoms with E-state index < -0.39 is 10.0 Å². The summed E-state index contributed by atoms with van der Waals surface area (Å²) in [5.74, 6) is -0.359. The molecule has 2 N–H and O–H groups in total. The van der Waals surface area contributed by atoms with Gasteiger partial charge in [-0.25, -0.2) is 8.42 Å². The van der Waals surface area contributed by atoms with Crippen LogP contribution in [0.15, 0.2) is 71.8 Å². The summed E-state index contributed by atoms with van der Waals surface area (Å²) in [5.41, 5.74) is 3.22. The monoisotopic (exact) mass is 437 g/mol. The number of carbonyl (C=O) groups is 1. The number of hydrogen-bond donors (Lipinski definition) is 2. The molecule has 1 amide bonds. The lowest BCUT2D eigenvalue weighted by Crippen LogP contribution is -2.24. The first-order chi connectivity index (χ1) is 14.9. The fourth-order valence-electron chi connectivity index (χ4n) is 3.14. The molecule has 7 heteroatoms. The number of aryl methyl sites for hydroxylation is 2. The molecule has 0 unspecified atom stereocenters. The second-order valence-electron chi connectivity index (χ2n) is 7.39. The second-order valence-corrected chi connectivity index (χ2v) is 9.04. The van der Waals surface area contributed by atoms with E-state index in [2.05, 4.69) is 21.9 Å². The molecule has 0 spiro atoms. The van der Waals surface area contributed by atoms with Crippen molar-refractivity contribution in [3.05, 3.63) is 89.2 Å². The Morgan fingerprint density at radius 1 is 1.03 bits per heavy atom. The molecule has 0 bridgehead atoms. The van der Waals surface area contributed by atoms with E-state index in [1.54, 1.807) is 43.5 Å². The number of benzene rings is 2. The molecule has 0 saturated heterocycles. The van der Waals surface area contributed by atoms with Gasteiger partial charge in [-0.15, -0.1) is 0 Å². The van der Waals surface area contributed by atoms with Gasteiger partial charge in [-0.1, -0.05) is 37.6 Å². The number of amides is 1. The molecule has 0 fully saturated rings. The van der Waals surface area contributed by atoms with Gasteiger partial charge in [0.1, 0.15) is 0 Å². The van der Waals surface area contributed by atoms with E-state index in [1.165, 1.54) is 11.6 Å². The molecule has 3 rings (SSSR count). The smallest absolute Gasteiger partial charge is 0.262 e. The van der Waals surface area contributed by atoms with E-state index in [4.69, 9.17) is 0 Å². The summed E-state index contributed by atoms with van der Waals surface area (Å²) in [6.45, 7) is 4.11. The van der Waals surface area contributed by atoms with Crippen molar-refractivity contribution < 1.29 is 13.2 Å². The van der Waals surface area contributed by atoms with Gasteiger partial charge in [0.25, 0.3) is 15.9 Å². The number of nitrogens with one attached hydrogen (secondary N) is 2. The summed E-state index contributed by atoms with van der Waals surface area (Å²) in [6, 6.07) is 17.5. The lowest BCUT2D eigenvalue weighted by molar-refractivity contribution is 0.0950. The molecule has 1 heterocycles. The Morgan fingerprint density at radius 2 is 1.81 bits per heavy atom. The van der Waals surface area contributed by atoms with Crippen molar-refractivity contribution in [3.8, 4) is 0 Å². The molecule has 0 saturated carbocycles. The Kier molecular flexibility index (Phi) is 7.41. The first-order valence-corrected chi connectivity index (χ1v) is 11.8. The number of anilines is 1. The summed E-state index contributed by atoms with van der Waals surface area (Å²) in [4.78, 5) is 16.8. The van der Waals surface area contributed by atoms with Crippen LogP contribution in [0.25, 0.3) is 0 Å². The predicted octanol–water partition coefficient (Wildman–Crippen LogP) is 4.46. The maximum absolute atomic E-state index is 13.0. The van der Waals surface area contributed by atoms with Gasteiger partial charge >= 0.3 is 0 Å². The fourth-order valence-corrected chi connectivity index (χ4v) is 4.47. The summed E-state index contributed by atoms with van der Waals surface area (Å²) in [6.07, 6.45) is 4.83. The highest BCUT2D eigenvalue weighted by molar-refractivity contribution is 7.92. The van der Waals surface area contributed by atoms with Crippen molar-refractivity contribution in [3.63, 3.8) is 0 Å². The number of rotatable bonds is 9. The number of pyridine rings is 1. The molecule has 0 aliphatic carbocycles. The molecular formula is C24H27N3O3S. The zero-order valence-corrected chi connectivity index (χ0v) is 18.6. The standard InChI is InChI=1S/C24H27N3O3S/c1-3-4-7-19-10-13-21(14-11-19)27-31(29,30)23-16-20(12-9-18(23)2)24(28)26-17-22-8-5-6-15-25-22/h5-6,8-16,27H,3-4,7,17H2,1-2H3,(H,26,28). The van der Waals surface area contributed by atoms with E-state index in [0.717, 1.165) is 25.0 Å². The highest BCUT2D eigenvalue weighted by Crippen LogP contribution is 2.21. The van der Waals surface area contributed by atoms with Gasteiger partial charge in [0.05, 0.1) is 17.1 Å². The van der Waals surface area contributed by atoms with E-state index in [0.29, 0.717) is 11.3 Å². The normalized spacial score (nSPS) is 11.2. The maximum atomic E-state index is 13.0. The third-order valence-electron chi connectivity index (χ3n) is 4.92. The average Bonchev–Trinajstić information content (AvgIpc) is 2.77. The van der Waals surface area contributed by atoms with Crippen LogP contribution < -0.4 is 10.0 Å². The highest BCUT2D eigenvalue weighted by Gasteiger charge is 2.19. The summed E-state index contributed by atoms with van der Waals surface area (Å²) in [5, 5.41) is 2.77. The Hall–Kier alpha value is -3.19. The molecule has 31 heavy (non-hydrogen) atoms. The topological polar surface area (TPSA) is 88.2 Å². The maximum Gasteiger partial charge on any atom is 0.262 e. The van der Waals surface area contributed by atoms with Crippen molar-refractivity contribution in [1.29, 1.82) is 0 Å². The fraction of sp³-hybridized carbons (Fsp3) is 0.250. The van der Waals surface area contributed by atoms with Crippen LogP contribution in [0, 0.1) is 6.92 Å². The summed E-state index contributed by atoms with van der Waals surface area (Å²) in [7, 11) is -3.84. The molecule has 0 radical (unpaired) electrons. The first-order valence-electron chi connectivity index (χ1n) is 10.3. The summed E-state index contributed by atoms with van der Waals surface area (Å²) >= 11 is 0. The minimum absolute atomic E-state index is 0.0769. The van der Waals surface area contributed by atoms with Crippen LogP contribution in [0.3, 0.4) is 0 Å². The zero-order chi connectivity index (χ0) is 22.3. The minimum atomic E-state index is -3.84. The van der Waals surface area contributed by atoms with Crippen LogP contribution in [0.4, 0.5) is 5.69 Å². The number of aromatic nitrogens is 1. The second kappa shape index (κ2) is 10.2. The molecular weight excluding hydrogens is 410 g/mol. The number of sulfonamides is 1. The van der Waals surface area contributed by atoms with Crippen LogP contribution in [0.2, 0.25) is 0 Å². The van der Waals surface area contributed by atoms with Crippen molar-refractivity contribution >= 4 is 21.6 Å². The van der Waals surface area contributed by atoms with E-state index >= 15 is 0 Å². The number of carbonyl (C=O) groups excluding carboxylic acids is 1. The largest absolute Gasteiger partial charge is 0.346 e. The Balaban J connectivity index is 1.74. The van der Waals surface area contributed by atoms with Gasteiger partial charge in [0, 0.05) is 17.4 Å². The van der Waals surface area contributed by atoms with Crippen LogP contribution in [0.5, 0.6) is 0 Å². The van der Waals surface area contributed by atoms with Gasteiger partial charge in [-0.05, 0) is 67.3 Å². The quantitative estimate of drug-likeness (QED) is 0.517. The third kappa shape index (κ3) is 6.15. The molecule has 6 nitrogen and oxygen atoms in total. The van der Waals surface area contributed by atoms with Gasteiger partial charge < -0.3 is 5.32 Å². The Labute approximate surface area is 183 Å². The van der Waals surface area contributed by atoms with Crippen molar-refractivity contribution in [2.24, 2.45) is 0 Å². The molecule has 3 aromatic rings. The molecule has 0 aliphatic rings. The number of unbranched alkanes of at least 4 members (excludes halogenated alkanes) is 1. The highest BCUT2D eigenvalue weighted by atomic mass is 32.2. The van der Waals surface area contributed by atoms with Gasteiger partial charge in [-0.2, -0.15) is 0 Å². The molecule has 0 aliphatic heterocycles. The lowest BCUT2D eigenvalue weighted by Gasteiger charge is -2.13. The van der Waals surface area contributed by atoms with E-state index in [1.807, 2.05) is 24.3 Å².